The van der Waals surface area contributed by atoms with E-state index in [9.17, 15) is 0 Å². The van der Waals surface area contributed by atoms with E-state index in [0.717, 1.165) is 5.57 Å². The van der Waals surface area contributed by atoms with Crippen LogP contribution < -0.4 is 5.73 Å². The molecule has 1 aromatic rings. The van der Waals surface area contributed by atoms with Crippen LogP contribution in [0.3, 0.4) is 0 Å². The lowest BCUT2D eigenvalue weighted by molar-refractivity contribution is 0.487. The van der Waals surface area contributed by atoms with Crippen molar-refractivity contribution in [3.8, 4) is 0 Å². The summed E-state index contributed by atoms with van der Waals surface area (Å²) < 4.78 is 5.12. The zero-order valence-corrected chi connectivity index (χ0v) is 6.66. The largest absolute Gasteiger partial charge is 0.420 e. The minimum atomic E-state index is 0.295. The average molecular weight is 153 g/mol. The van der Waals surface area contributed by atoms with Gasteiger partial charge in [-0.25, -0.2) is 0 Å². The van der Waals surface area contributed by atoms with Gasteiger partial charge in [-0.1, -0.05) is 5.57 Å². The van der Waals surface area contributed by atoms with Gasteiger partial charge in [0, 0.05) is 6.08 Å². The molecule has 0 aliphatic rings. The first-order chi connectivity index (χ1) is 5.22. The van der Waals surface area contributed by atoms with Crippen LogP contribution in [0.5, 0.6) is 0 Å². The van der Waals surface area contributed by atoms with E-state index in [1.54, 1.807) is 0 Å². The highest BCUT2D eigenvalue weighted by Crippen LogP contribution is 2.03. The third-order valence-corrected chi connectivity index (χ3v) is 1.07. The van der Waals surface area contributed by atoms with E-state index in [1.165, 1.54) is 0 Å². The van der Waals surface area contributed by atoms with Crippen LogP contribution in [0, 0.1) is 0 Å². The minimum absolute atomic E-state index is 0.295. The molecule has 4 nitrogen and oxygen atoms in total. The van der Waals surface area contributed by atoms with E-state index in [4.69, 9.17) is 10.2 Å². The van der Waals surface area contributed by atoms with Crippen molar-refractivity contribution in [2.45, 2.75) is 20.4 Å². The van der Waals surface area contributed by atoms with Gasteiger partial charge in [0.25, 0.3) is 0 Å². The van der Waals surface area contributed by atoms with Gasteiger partial charge in [0.15, 0.2) is 0 Å². The maximum atomic E-state index is 5.28. The Bertz CT molecular complexity index is 260. The summed E-state index contributed by atoms with van der Waals surface area (Å²) in [5.74, 6) is 0.989. The monoisotopic (exact) mass is 153 g/mol. The number of hydrogen-bond acceptors (Lipinski definition) is 4. The number of allylic oxidation sites excluding steroid dienone is 1. The van der Waals surface area contributed by atoms with Crippen molar-refractivity contribution in [3.05, 3.63) is 17.4 Å². The molecule has 4 heteroatoms. The fourth-order valence-corrected chi connectivity index (χ4v) is 0.654. The third-order valence-electron chi connectivity index (χ3n) is 1.07. The summed E-state index contributed by atoms with van der Waals surface area (Å²) in [6.45, 7) is 4.22. The van der Waals surface area contributed by atoms with Crippen LogP contribution >= 0.6 is 0 Å². The number of rotatable bonds is 2. The quantitative estimate of drug-likeness (QED) is 0.687. The van der Waals surface area contributed by atoms with Crippen molar-refractivity contribution >= 4 is 6.08 Å². The molecule has 0 saturated carbocycles. The Balaban J connectivity index is 2.81. The first-order valence-electron chi connectivity index (χ1n) is 3.39. The predicted octanol–water partition coefficient (Wildman–Crippen LogP) is 0.952. The Hall–Kier alpha value is -1.16. The van der Waals surface area contributed by atoms with Crippen LogP contribution in [0.1, 0.15) is 25.6 Å². The fourth-order valence-electron chi connectivity index (χ4n) is 0.654. The highest BCUT2D eigenvalue weighted by atomic mass is 16.4. The number of nitrogens with zero attached hydrogens (tertiary/aromatic N) is 2. The summed E-state index contributed by atoms with van der Waals surface area (Å²) in [6, 6.07) is 0. The van der Waals surface area contributed by atoms with Crippen molar-refractivity contribution in [1.82, 2.24) is 10.2 Å². The predicted molar refractivity (Wildman–Crippen MR) is 41.5 cm³/mol. The standard InChI is InChI=1S/C7H11N3O/c1-5(2)3-6-9-10-7(4-8)11-6/h3H,4,8H2,1-2H3. The van der Waals surface area contributed by atoms with E-state index >= 15 is 0 Å². The molecule has 60 valence electrons. The smallest absolute Gasteiger partial charge is 0.240 e. The van der Waals surface area contributed by atoms with Gasteiger partial charge >= 0.3 is 0 Å². The minimum Gasteiger partial charge on any atom is -0.420 e. The summed E-state index contributed by atoms with van der Waals surface area (Å²) in [6.07, 6.45) is 1.81. The topological polar surface area (TPSA) is 64.9 Å². The molecule has 1 aromatic heterocycles. The number of aromatic nitrogens is 2. The summed E-state index contributed by atoms with van der Waals surface area (Å²) in [5, 5.41) is 7.46. The fraction of sp³-hybridized carbons (Fsp3) is 0.429. The van der Waals surface area contributed by atoms with Crippen molar-refractivity contribution in [3.63, 3.8) is 0 Å². The molecule has 1 rings (SSSR count). The molecule has 0 atom stereocenters. The van der Waals surface area contributed by atoms with Crippen LogP contribution in [0.25, 0.3) is 6.08 Å². The van der Waals surface area contributed by atoms with Gasteiger partial charge in [0.2, 0.25) is 11.8 Å². The van der Waals surface area contributed by atoms with Crippen LogP contribution in [-0.2, 0) is 6.54 Å². The van der Waals surface area contributed by atoms with E-state index in [1.807, 2.05) is 19.9 Å². The molecule has 11 heavy (non-hydrogen) atoms. The lowest BCUT2D eigenvalue weighted by Gasteiger charge is -1.84. The van der Waals surface area contributed by atoms with Gasteiger partial charge in [-0.2, -0.15) is 0 Å². The second-order valence-electron chi connectivity index (χ2n) is 2.46. The summed E-state index contributed by atoms with van der Waals surface area (Å²) in [5.41, 5.74) is 6.40. The zero-order valence-electron chi connectivity index (χ0n) is 6.66. The maximum absolute atomic E-state index is 5.28. The lowest BCUT2D eigenvalue weighted by atomic mass is 10.3. The molecule has 2 N–H and O–H groups in total. The third kappa shape index (κ3) is 2.16. The van der Waals surface area contributed by atoms with Crippen LogP contribution in [0.4, 0.5) is 0 Å². The molecule has 0 aromatic carbocycles. The molecule has 1 heterocycles. The lowest BCUT2D eigenvalue weighted by Crippen LogP contribution is -1.95. The molecule has 0 radical (unpaired) electrons. The zero-order chi connectivity index (χ0) is 8.27. The first-order valence-corrected chi connectivity index (χ1v) is 3.39. The van der Waals surface area contributed by atoms with Gasteiger partial charge in [0.1, 0.15) is 0 Å². The Morgan fingerprint density at radius 3 is 2.73 bits per heavy atom. The van der Waals surface area contributed by atoms with E-state index in [0.29, 0.717) is 18.3 Å². The van der Waals surface area contributed by atoms with Crippen molar-refractivity contribution in [1.29, 1.82) is 0 Å². The van der Waals surface area contributed by atoms with Gasteiger partial charge in [-0.05, 0) is 13.8 Å². The Morgan fingerprint density at radius 1 is 1.55 bits per heavy atom. The van der Waals surface area contributed by atoms with Crippen LogP contribution in [-0.4, -0.2) is 10.2 Å². The molecule has 0 spiro atoms. The summed E-state index contributed by atoms with van der Waals surface area (Å²) in [4.78, 5) is 0. The molecule has 0 aliphatic heterocycles. The first kappa shape index (κ1) is 7.94. The summed E-state index contributed by atoms with van der Waals surface area (Å²) >= 11 is 0. The van der Waals surface area contributed by atoms with Gasteiger partial charge in [-0.3, -0.25) is 0 Å². The molecular weight excluding hydrogens is 142 g/mol. The Labute approximate surface area is 65.1 Å². The highest BCUT2D eigenvalue weighted by Gasteiger charge is 1.99. The van der Waals surface area contributed by atoms with Gasteiger partial charge in [0.05, 0.1) is 6.54 Å². The molecule has 0 fully saturated rings. The molecule has 0 amide bonds. The van der Waals surface area contributed by atoms with Crippen LogP contribution in [0.15, 0.2) is 9.99 Å². The molecule has 0 unspecified atom stereocenters. The van der Waals surface area contributed by atoms with Crippen LogP contribution in [0.2, 0.25) is 0 Å². The second kappa shape index (κ2) is 3.30. The Kier molecular flexibility index (Phi) is 2.38. The van der Waals surface area contributed by atoms with Crippen molar-refractivity contribution < 1.29 is 4.42 Å². The molecule has 0 aliphatic carbocycles. The second-order valence-corrected chi connectivity index (χ2v) is 2.46. The molecule has 0 saturated heterocycles. The SMILES string of the molecule is CC(C)=Cc1nnc(CN)o1. The summed E-state index contributed by atoms with van der Waals surface area (Å²) in [7, 11) is 0. The maximum Gasteiger partial charge on any atom is 0.240 e. The molecule has 0 bridgehead atoms. The van der Waals surface area contributed by atoms with E-state index < -0.39 is 0 Å². The highest BCUT2D eigenvalue weighted by molar-refractivity contribution is 5.40. The molecular formula is C7H11N3O. The van der Waals surface area contributed by atoms with Crippen molar-refractivity contribution in [2.75, 3.05) is 0 Å². The average Bonchev–Trinajstić information content (AvgIpc) is 2.34. The van der Waals surface area contributed by atoms with E-state index in [2.05, 4.69) is 10.2 Å². The normalized spacial score (nSPS) is 9.73. The van der Waals surface area contributed by atoms with Gasteiger partial charge < -0.3 is 10.2 Å². The van der Waals surface area contributed by atoms with Gasteiger partial charge in [-0.15, -0.1) is 10.2 Å². The number of hydrogen-bond donors (Lipinski definition) is 1. The van der Waals surface area contributed by atoms with E-state index in [-0.39, 0.29) is 0 Å². The van der Waals surface area contributed by atoms with Crippen molar-refractivity contribution in [2.24, 2.45) is 5.73 Å². The number of nitrogens with two attached hydrogens (primary N) is 1. The Morgan fingerprint density at radius 2 is 2.27 bits per heavy atom.